The van der Waals surface area contributed by atoms with Crippen molar-refractivity contribution in [1.82, 2.24) is 4.98 Å². The van der Waals surface area contributed by atoms with Crippen LogP contribution in [0.2, 0.25) is 5.15 Å². The van der Waals surface area contributed by atoms with E-state index in [0.29, 0.717) is 5.15 Å². The minimum Gasteiger partial charge on any atom is -0.244 e. The van der Waals surface area contributed by atoms with E-state index in [9.17, 15) is 0 Å². The smallest absolute Gasteiger partial charge is 0.136 e. The summed E-state index contributed by atoms with van der Waals surface area (Å²) in [5.41, 5.74) is 2.79. The molecule has 3 rings (SSSR count). The Hall–Kier alpha value is -1.34. The van der Waals surface area contributed by atoms with Crippen LogP contribution < -0.4 is 0 Å². The van der Waals surface area contributed by atoms with E-state index >= 15 is 0 Å². The van der Waals surface area contributed by atoms with Crippen LogP contribution in [0, 0.1) is 0 Å². The molecule has 1 aromatic heterocycles. The second kappa shape index (κ2) is 3.91. The van der Waals surface area contributed by atoms with Crippen molar-refractivity contribution in [3.05, 3.63) is 47.3 Å². The summed E-state index contributed by atoms with van der Waals surface area (Å²) < 4.78 is 0. The lowest BCUT2D eigenvalue weighted by atomic mass is 10.0. The number of hydrogen-bond acceptors (Lipinski definition) is 1. The van der Waals surface area contributed by atoms with Gasteiger partial charge in [0.05, 0.1) is 0 Å². The van der Waals surface area contributed by atoms with Gasteiger partial charge in [-0.2, -0.15) is 0 Å². The molecule has 0 saturated carbocycles. The van der Waals surface area contributed by atoms with E-state index in [1.165, 1.54) is 35.8 Å². The van der Waals surface area contributed by atoms with Crippen molar-refractivity contribution in [3.63, 3.8) is 0 Å². The predicted molar refractivity (Wildman–Crippen MR) is 68.6 cm³/mol. The molecule has 0 fully saturated rings. The molecule has 0 amide bonds. The van der Waals surface area contributed by atoms with Gasteiger partial charge < -0.3 is 0 Å². The minimum absolute atomic E-state index is 0.587. The molecule has 1 nitrogen and oxygen atoms in total. The number of halogens is 1. The van der Waals surface area contributed by atoms with Crippen molar-refractivity contribution in [2.75, 3.05) is 0 Å². The summed E-state index contributed by atoms with van der Waals surface area (Å²) in [4.78, 5) is 4.09. The van der Waals surface area contributed by atoms with E-state index in [-0.39, 0.29) is 0 Å². The first-order valence-electron chi connectivity index (χ1n) is 5.58. The van der Waals surface area contributed by atoms with Crippen LogP contribution in [0.25, 0.3) is 16.3 Å². The highest BCUT2D eigenvalue weighted by atomic mass is 35.5. The first-order chi connectivity index (χ1) is 7.84. The molecule has 0 spiro atoms. The highest BCUT2D eigenvalue weighted by Gasteiger charge is 2.08. The predicted octanol–water partition coefficient (Wildman–Crippen LogP) is 4.46. The minimum atomic E-state index is 0.587. The fourth-order valence-corrected chi connectivity index (χ4v) is 2.50. The van der Waals surface area contributed by atoms with Gasteiger partial charge in [-0.25, -0.2) is 4.98 Å². The average molecular weight is 230 g/mol. The number of pyridine rings is 1. The van der Waals surface area contributed by atoms with Gasteiger partial charge in [0.2, 0.25) is 0 Å². The van der Waals surface area contributed by atoms with Crippen LogP contribution in [-0.4, -0.2) is 4.98 Å². The maximum Gasteiger partial charge on any atom is 0.136 e. The van der Waals surface area contributed by atoms with Crippen LogP contribution in [0.5, 0.6) is 0 Å². The van der Waals surface area contributed by atoms with E-state index in [2.05, 4.69) is 29.3 Å². The van der Waals surface area contributed by atoms with Crippen LogP contribution in [0.1, 0.15) is 24.8 Å². The van der Waals surface area contributed by atoms with E-state index < -0.39 is 0 Å². The van der Waals surface area contributed by atoms with Crippen LogP contribution in [0.15, 0.2) is 36.5 Å². The first-order valence-corrected chi connectivity index (χ1v) is 5.96. The lowest BCUT2D eigenvalue weighted by Crippen LogP contribution is -1.83. The normalized spacial score (nSPS) is 15.4. The maximum absolute atomic E-state index is 6.04. The van der Waals surface area contributed by atoms with Gasteiger partial charge in [-0.3, -0.25) is 0 Å². The summed E-state index contributed by atoms with van der Waals surface area (Å²) in [7, 11) is 0. The topological polar surface area (TPSA) is 12.9 Å². The lowest BCUT2D eigenvalue weighted by molar-refractivity contribution is 0.935. The highest BCUT2D eigenvalue weighted by molar-refractivity contribution is 6.34. The van der Waals surface area contributed by atoms with Crippen LogP contribution in [0.4, 0.5) is 0 Å². The molecule has 16 heavy (non-hydrogen) atoms. The summed E-state index contributed by atoms with van der Waals surface area (Å²) in [6.45, 7) is 0. The van der Waals surface area contributed by atoms with E-state index in [0.717, 1.165) is 5.39 Å². The number of fused-ring (bicyclic) bond motifs is 1. The molecule has 0 aliphatic heterocycles. The quantitative estimate of drug-likeness (QED) is 0.658. The van der Waals surface area contributed by atoms with Crippen molar-refractivity contribution in [1.29, 1.82) is 0 Å². The summed E-state index contributed by atoms with van der Waals surface area (Å²) in [6, 6.07) is 8.44. The largest absolute Gasteiger partial charge is 0.244 e. The zero-order valence-electron chi connectivity index (χ0n) is 8.91. The van der Waals surface area contributed by atoms with Gasteiger partial charge in [-0.1, -0.05) is 29.8 Å². The van der Waals surface area contributed by atoms with Crippen molar-refractivity contribution in [3.8, 4) is 0 Å². The van der Waals surface area contributed by atoms with Crippen LogP contribution >= 0.6 is 11.6 Å². The third kappa shape index (κ3) is 1.61. The number of rotatable bonds is 1. The summed E-state index contributed by atoms with van der Waals surface area (Å²) in [5.74, 6) is 0. The Bertz CT molecular complexity index is 572. The molecule has 0 atom stereocenters. The van der Waals surface area contributed by atoms with Crippen LogP contribution in [0.3, 0.4) is 0 Å². The Morgan fingerprint density at radius 3 is 2.94 bits per heavy atom. The van der Waals surface area contributed by atoms with Gasteiger partial charge in [0.15, 0.2) is 0 Å². The van der Waals surface area contributed by atoms with E-state index in [4.69, 9.17) is 11.6 Å². The SMILES string of the molecule is Clc1nccc2cc(C3=CCCC3)ccc12. The number of hydrogen-bond donors (Lipinski definition) is 0. The van der Waals surface area contributed by atoms with E-state index in [1.807, 2.05) is 6.07 Å². The molecule has 1 aromatic carbocycles. The highest BCUT2D eigenvalue weighted by Crippen LogP contribution is 2.30. The molecule has 0 saturated heterocycles. The first kappa shape index (κ1) is 9.86. The maximum atomic E-state index is 6.04. The average Bonchev–Trinajstić information content (AvgIpc) is 2.82. The third-order valence-electron chi connectivity index (χ3n) is 3.13. The van der Waals surface area contributed by atoms with Crippen LogP contribution in [-0.2, 0) is 0 Å². The van der Waals surface area contributed by atoms with E-state index in [1.54, 1.807) is 6.20 Å². The van der Waals surface area contributed by atoms with Crippen molar-refractivity contribution >= 4 is 27.9 Å². The van der Waals surface area contributed by atoms with Gasteiger partial charge >= 0.3 is 0 Å². The molecule has 0 bridgehead atoms. The monoisotopic (exact) mass is 229 g/mol. The number of nitrogens with zero attached hydrogens (tertiary/aromatic N) is 1. The standard InChI is InChI=1S/C14H12ClN/c15-14-13-6-5-11(10-3-1-2-4-10)9-12(13)7-8-16-14/h3,5-9H,1-2,4H2. The molecule has 0 N–H and O–H groups in total. The molecule has 2 heteroatoms. The molecular formula is C14H12ClN. The summed E-state index contributed by atoms with van der Waals surface area (Å²) in [5, 5.41) is 2.79. The number of benzene rings is 1. The Kier molecular flexibility index (Phi) is 2.41. The van der Waals surface area contributed by atoms with Gasteiger partial charge in [-0.05, 0) is 47.9 Å². The molecule has 0 radical (unpaired) electrons. The molecule has 1 aliphatic rings. The molecule has 1 heterocycles. The third-order valence-corrected chi connectivity index (χ3v) is 3.43. The van der Waals surface area contributed by atoms with Gasteiger partial charge in [0, 0.05) is 11.6 Å². The fourth-order valence-electron chi connectivity index (χ4n) is 2.27. The Morgan fingerprint density at radius 2 is 2.12 bits per heavy atom. The van der Waals surface area contributed by atoms with Crippen molar-refractivity contribution < 1.29 is 0 Å². The zero-order chi connectivity index (χ0) is 11.0. The second-order valence-electron chi connectivity index (χ2n) is 4.16. The molecule has 2 aromatic rings. The number of aromatic nitrogens is 1. The second-order valence-corrected chi connectivity index (χ2v) is 4.52. The Labute approximate surface area is 99.8 Å². The fraction of sp³-hybridized carbons (Fsp3) is 0.214. The molecule has 0 unspecified atom stereocenters. The molecular weight excluding hydrogens is 218 g/mol. The zero-order valence-corrected chi connectivity index (χ0v) is 9.67. The van der Waals surface area contributed by atoms with Gasteiger partial charge in [0.25, 0.3) is 0 Å². The molecule has 1 aliphatic carbocycles. The van der Waals surface area contributed by atoms with Gasteiger partial charge in [-0.15, -0.1) is 0 Å². The van der Waals surface area contributed by atoms with Gasteiger partial charge in [0.1, 0.15) is 5.15 Å². The summed E-state index contributed by atoms with van der Waals surface area (Å²) in [6.07, 6.45) is 7.79. The number of allylic oxidation sites excluding steroid dienone is 2. The Morgan fingerprint density at radius 1 is 1.19 bits per heavy atom. The summed E-state index contributed by atoms with van der Waals surface area (Å²) >= 11 is 6.04. The Balaban J connectivity index is 2.16. The van der Waals surface area contributed by atoms with Crippen molar-refractivity contribution in [2.45, 2.75) is 19.3 Å². The lowest BCUT2D eigenvalue weighted by Gasteiger charge is -2.05. The van der Waals surface area contributed by atoms with Crippen molar-refractivity contribution in [2.24, 2.45) is 0 Å². The molecule has 80 valence electrons.